The van der Waals surface area contributed by atoms with Crippen LogP contribution in [0.4, 0.5) is 13.2 Å². The van der Waals surface area contributed by atoms with E-state index in [4.69, 9.17) is 14.6 Å². The van der Waals surface area contributed by atoms with Gasteiger partial charge in [-0.05, 0) is 19.8 Å². The molecule has 9 heteroatoms. The monoisotopic (exact) mass is 398 g/mol. The van der Waals surface area contributed by atoms with E-state index in [-0.39, 0.29) is 5.92 Å². The highest BCUT2D eigenvalue weighted by atomic mass is 19.4. The highest BCUT2D eigenvalue weighted by molar-refractivity contribution is 5.78. The summed E-state index contributed by atoms with van der Waals surface area (Å²) >= 11 is 0. The van der Waals surface area contributed by atoms with Gasteiger partial charge in [0.25, 0.3) is 0 Å². The van der Waals surface area contributed by atoms with Crippen LogP contribution in [0.2, 0.25) is 0 Å². The largest absolute Gasteiger partial charge is 0.490 e. The zero-order chi connectivity index (χ0) is 21.0. The van der Waals surface area contributed by atoms with E-state index in [0.717, 1.165) is 58.5 Å². The quantitative estimate of drug-likeness (QED) is 0.681. The molecule has 0 bridgehead atoms. The van der Waals surface area contributed by atoms with Crippen LogP contribution in [0.25, 0.3) is 0 Å². The molecular weight excluding hydrogens is 365 g/mol. The van der Waals surface area contributed by atoms with Crippen molar-refractivity contribution in [2.75, 3.05) is 39.9 Å². The van der Waals surface area contributed by atoms with Crippen LogP contribution in [0.3, 0.4) is 0 Å². The number of hydrogen-bond acceptors (Lipinski definition) is 4. The van der Waals surface area contributed by atoms with E-state index in [9.17, 15) is 18.0 Å². The molecule has 0 saturated carbocycles. The molecule has 0 radical (unpaired) electrons. The van der Waals surface area contributed by atoms with Gasteiger partial charge in [0, 0.05) is 38.6 Å². The molecule has 1 aliphatic rings. The average molecular weight is 398 g/mol. The summed E-state index contributed by atoms with van der Waals surface area (Å²) in [7, 11) is 1.96. The number of alkyl halides is 3. The van der Waals surface area contributed by atoms with Gasteiger partial charge in [-0.3, -0.25) is 9.69 Å². The summed E-state index contributed by atoms with van der Waals surface area (Å²) in [6, 6.07) is 0.414. The number of carbonyl (C=O) groups excluding carboxylic acids is 1. The Kier molecular flexibility index (Phi) is 12.3. The molecule has 1 fully saturated rings. The number of hydrogen-bond donors (Lipinski definition) is 1. The predicted octanol–water partition coefficient (Wildman–Crippen LogP) is 3.02. The van der Waals surface area contributed by atoms with E-state index < -0.39 is 12.1 Å². The Morgan fingerprint density at radius 2 is 1.59 bits per heavy atom. The second-order valence-corrected chi connectivity index (χ2v) is 6.79. The molecule has 0 spiro atoms. The summed E-state index contributed by atoms with van der Waals surface area (Å²) in [4.78, 5) is 25.8. The zero-order valence-corrected chi connectivity index (χ0v) is 16.7. The van der Waals surface area contributed by atoms with Crippen LogP contribution in [0, 0.1) is 5.92 Å². The van der Waals surface area contributed by atoms with Crippen molar-refractivity contribution in [3.63, 3.8) is 0 Å². The molecule has 0 aromatic rings. The minimum Gasteiger partial charge on any atom is -0.475 e. The number of rotatable bonds is 8. The van der Waals surface area contributed by atoms with E-state index in [1.807, 2.05) is 11.9 Å². The fourth-order valence-electron chi connectivity index (χ4n) is 3.02. The van der Waals surface area contributed by atoms with Crippen molar-refractivity contribution in [3.8, 4) is 0 Å². The normalized spacial score (nSPS) is 16.4. The van der Waals surface area contributed by atoms with Gasteiger partial charge in [0.2, 0.25) is 5.91 Å². The third-order valence-corrected chi connectivity index (χ3v) is 4.45. The van der Waals surface area contributed by atoms with Crippen LogP contribution < -0.4 is 0 Å². The van der Waals surface area contributed by atoms with Gasteiger partial charge >= 0.3 is 12.1 Å². The molecule has 1 heterocycles. The van der Waals surface area contributed by atoms with E-state index >= 15 is 0 Å². The number of aliphatic carboxylic acids is 1. The van der Waals surface area contributed by atoms with E-state index in [2.05, 4.69) is 25.7 Å². The number of carboxylic acid groups (broad SMARTS) is 1. The van der Waals surface area contributed by atoms with Crippen LogP contribution in [0.15, 0.2) is 0 Å². The predicted molar refractivity (Wildman–Crippen MR) is 96.5 cm³/mol. The molecule has 1 saturated heterocycles. The Morgan fingerprint density at radius 1 is 1.15 bits per heavy atom. The first-order chi connectivity index (χ1) is 12.5. The number of carboxylic acids is 1. The first kappa shape index (κ1) is 25.6. The van der Waals surface area contributed by atoms with Crippen LogP contribution in [-0.2, 0) is 14.3 Å². The van der Waals surface area contributed by atoms with Crippen LogP contribution in [0.5, 0.6) is 0 Å². The maximum atomic E-state index is 12.5. The highest BCUT2D eigenvalue weighted by Gasteiger charge is 2.38. The summed E-state index contributed by atoms with van der Waals surface area (Å²) < 4.78 is 37.1. The van der Waals surface area contributed by atoms with Gasteiger partial charge in [-0.15, -0.1) is 0 Å². The first-order valence-electron chi connectivity index (χ1n) is 9.41. The Labute approximate surface area is 159 Å². The maximum Gasteiger partial charge on any atom is 0.490 e. The number of nitrogens with zero attached hydrogens (tertiary/aromatic N) is 2. The average Bonchev–Trinajstić information content (AvgIpc) is 2.61. The van der Waals surface area contributed by atoms with Gasteiger partial charge in [-0.25, -0.2) is 4.79 Å². The third-order valence-electron chi connectivity index (χ3n) is 4.45. The fourth-order valence-corrected chi connectivity index (χ4v) is 3.02. The third kappa shape index (κ3) is 10.5. The lowest BCUT2D eigenvalue weighted by Gasteiger charge is -2.35. The van der Waals surface area contributed by atoms with Crippen molar-refractivity contribution in [1.29, 1.82) is 0 Å². The van der Waals surface area contributed by atoms with Crippen molar-refractivity contribution in [2.45, 2.75) is 58.7 Å². The standard InChI is InChI=1S/C16H32N2O2.C2HF3O2/c1-5-7-15(8-6-2)16(19)17(4)13-14(3)18-9-11-20-12-10-18;3-2(4,5)1(6)7/h14-15H,5-13H2,1-4H3;(H,6,7). The van der Waals surface area contributed by atoms with Gasteiger partial charge in [0.15, 0.2) is 0 Å². The minimum absolute atomic E-state index is 0.215. The summed E-state index contributed by atoms with van der Waals surface area (Å²) in [6.07, 6.45) is -0.877. The van der Waals surface area contributed by atoms with Gasteiger partial charge in [0.05, 0.1) is 13.2 Å². The summed E-state index contributed by atoms with van der Waals surface area (Å²) in [6.45, 7) is 10.9. The molecule has 0 aromatic heterocycles. The summed E-state index contributed by atoms with van der Waals surface area (Å²) in [5.74, 6) is -2.21. The van der Waals surface area contributed by atoms with Crippen molar-refractivity contribution in [3.05, 3.63) is 0 Å². The molecule has 1 atom stereocenters. The topological polar surface area (TPSA) is 70.1 Å². The van der Waals surface area contributed by atoms with Gasteiger partial charge in [0.1, 0.15) is 0 Å². The number of amides is 1. The lowest BCUT2D eigenvalue weighted by Crippen LogP contribution is -2.48. The Bertz CT molecular complexity index is 435. The summed E-state index contributed by atoms with van der Waals surface area (Å²) in [5, 5.41) is 7.12. The van der Waals surface area contributed by atoms with E-state index in [0.29, 0.717) is 11.9 Å². The summed E-state index contributed by atoms with van der Waals surface area (Å²) in [5.41, 5.74) is 0. The SMILES string of the molecule is CCCC(CCC)C(=O)N(C)CC(C)N1CCOCC1.O=C(O)C(F)(F)F. The number of likely N-dealkylation sites (N-methyl/N-ethyl adjacent to an activating group) is 1. The molecule has 0 aliphatic carbocycles. The Morgan fingerprint density at radius 3 is 1.96 bits per heavy atom. The number of halogens is 3. The lowest BCUT2D eigenvalue weighted by molar-refractivity contribution is -0.192. The Balaban J connectivity index is 0.000000821. The molecule has 1 aliphatic heterocycles. The maximum absolute atomic E-state index is 12.5. The lowest BCUT2D eigenvalue weighted by atomic mass is 9.96. The van der Waals surface area contributed by atoms with Crippen LogP contribution in [0.1, 0.15) is 46.5 Å². The number of morpholine rings is 1. The smallest absolute Gasteiger partial charge is 0.475 e. The van der Waals surface area contributed by atoms with Crippen molar-refractivity contribution in [1.82, 2.24) is 9.80 Å². The minimum atomic E-state index is -5.08. The van der Waals surface area contributed by atoms with Crippen molar-refractivity contribution < 1.29 is 32.6 Å². The molecule has 6 nitrogen and oxygen atoms in total. The number of carbonyl (C=O) groups is 2. The first-order valence-corrected chi connectivity index (χ1v) is 9.41. The van der Waals surface area contributed by atoms with Gasteiger partial charge < -0.3 is 14.7 Å². The molecule has 1 rings (SSSR count). The van der Waals surface area contributed by atoms with Crippen molar-refractivity contribution in [2.24, 2.45) is 5.92 Å². The molecule has 27 heavy (non-hydrogen) atoms. The van der Waals surface area contributed by atoms with Gasteiger partial charge in [-0.1, -0.05) is 26.7 Å². The second-order valence-electron chi connectivity index (χ2n) is 6.79. The van der Waals surface area contributed by atoms with E-state index in [1.54, 1.807) is 0 Å². The Hall–Kier alpha value is -1.35. The van der Waals surface area contributed by atoms with Crippen molar-refractivity contribution >= 4 is 11.9 Å². The van der Waals surface area contributed by atoms with E-state index in [1.165, 1.54) is 0 Å². The zero-order valence-electron chi connectivity index (χ0n) is 16.7. The van der Waals surface area contributed by atoms with Crippen LogP contribution >= 0.6 is 0 Å². The molecule has 0 aromatic carbocycles. The molecule has 1 N–H and O–H groups in total. The molecular formula is C18H33F3N2O4. The van der Waals surface area contributed by atoms with Gasteiger partial charge in [-0.2, -0.15) is 13.2 Å². The van der Waals surface area contributed by atoms with Crippen LogP contribution in [-0.4, -0.2) is 78.9 Å². The second kappa shape index (κ2) is 12.9. The number of ether oxygens (including phenoxy) is 1. The molecule has 1 amide bonds. The fraction of sp³-hybridized carbons (Fsp3) is 0.889. The highest BCUT2D eigenvalue weighted by Crippen LogP contribution is 2.17. The molecule has 1 unspecified atom stereocenters. The molecule has 160 valence electrons.